The largest absolute Gasteiger partial charge is 0.0955 e. The van der Waals surface area contributed by atoms with Crippen molar-refractivity contribution in [3.8, 4) is 11.1 Å². The highest BCUT2D eigenvalue weighted by Crippen LogP contribution is 2.26. The van der Waals surface area contributed by atoms with Gasteiger partial charge in [0.05, 0.1) is 0 Å². The van der Waals surface area contributed by atoms with E-state index in [-0.39, 0.29) is 0 Å². The summed E-state index contributed by atoms with van der Waals surface area (Å²) in [6.45, 7) is 12.7. The van der Waals surface area contributed by atoms with Crippen LogP contribution in [-0.2, 0) is 0 Å². The molecule has 0 fully saturated rings. The van der Waals surface area contributed by atoms with Crippen LogP contribution < -0.4 is 0 Å². The van der Waals surface area contributed by atoms with Crippen molar-refractivity contribution in [1.82, 2.24) is 0 Å². The van der Waals surface area contributed by atoms with Gasteiger partial charge in [0.2, 0.25) is 0 Å². The van der Waals surface area contributed by atoms with Crippen LogP contribution in [0, 0.1) is 6.92 Å². The van der Waals surface area contributed by atoms with Crippen molar-refractivity contribution in [1.29, 1.82) is 0 Å². The minimum atomic E-state index is 0.585. The molecule has 0 saturated heterocycles. The standard InChI is InChI=1S/C19H22/c1-13(2)16-6-8-17(9-7-16)18-10-11-19(14(3)4)15(5)12-18/h6-13H,3H2,1-2,4-5H3. The van der Waals surface area contributed by atoms with E-state index < -0.39 is 0 Å². The van der Waals surface area contributed by atoms with Gasteiger partial charge >= 0.3 is 0 Å². The molecule has 0 amide bonds. The minimum absolute atomic E-state index is 0.585. The Hall–Kier alpha value is -1.82. The van der Waals surface area contributed by atoms with E-state index in [1.54, 1.807) is 0 Å². The molecule has 0 bridgehead atoms. The minimum Gasteiger partial charge on any atom is -0.0955 e. The number of allylic oxidation sites excluding steroid dienone is 1. The molecule has 0 heterocycles. The van der Waals surface area contributed by atoms with Gasteiger partial charge in [0.25, 0.3) is 0 Å². The lowest BCUT2D eigenvalue weighted by molar-refractivity contribution is 0.867. The van der Waals surface area contributed by atoms with Gasteiger partial charge in [-0.3, -0.25) is 0 Å². The van der Waals surface area contributed by atoms with Gasteiger partial charge in [0.1, 0.15) is 0 Å². The molecule has 0 aliphatic carbocycles. The van der Waals surface area contributed by atoms with E-state index in [0.29, 0.717) is 5.92 Å². The summed E-state index contributed by atoms with van der Waals surface area (Å²) < 4.78 is 0. The third kappa shape index (κ3) is 2.96. The Morgan fingerprint density at radius 1 is 0.947 bits per heavy atom. The molecule has 0 radical (unpaired) electrons. The fourth-order valence-corrected chi connectivity index (χ4v) is 2.38. The molecule has 2 rings (SSSR count). The van der Waals surface area contributed by atoms with Crippen molar-refractivity contribution < 1.29 is 0 Å². The van der Waals surface area contributed by atoms with Crippen LogP contribution in [0.15, 0.2) is 49.0 Å². The summed E-state index contributed by atoms with van der Waals surface area (Å²) in [5, 5.41) is 0. The molecule has 0 atom stereocenters. The summed E-state index contributed by atoms with van der Waals surface area (Å²) in [5.41, 5.74) is 7.61. The predicted octanol–water partition coefficient (Wildman–Crippen LogP) is 5.82. The molecule has 0 aliphatic rings. The Labute approximate surface area is 116 Å². The van der Waals surface area contributed by atoms with E-state index in [1.807, 2.05) is 0 Å². The number of hydrogen-bond donors (Lipinski definition) is 0. The van der Waals surface area contributed by atoms with E-state index in [0.717, 1.165) is 5.57 Å². The third-order valence-electron chi connectivity index (χ3n) is 3.60. The quantitative estimate of drug-likeness (QED) is 0.644. The summed E-state index contributed by atoms with van der Waals surface area (Å²) in [5.74, 6) is 0.585. The molecule has 2 aromatic rings. The topological polar surface area (TPSA) is 0 Å². The molecular weight excluding hydrogens is 228 g/mol. The number of hydrogen-bond acceptors (Lipinski definition) is 0. The Morgan fingerprint density at radius 2 is 1.53 bits per heavy atom. The first kappa shape index (κ1) is 13.6. The molecule has 2 aromatic carbocycles. The van der Waals surface area contributed by atoms with Crippen molar-refractivity contribution in [2.24, 2.45) is 0 Å². The molecule has 0 unspecified atom stereocenters. The zero-order valence-corrected chi connectivity index (χ0v) is 12.3. The lowest BCUT2D eigenvalue weighted by atomic mass is 9.95. The summed E-state index contributed by atoms with van der Waals surface area (Å²) in [6.07, 6.45) is 0. The Morgan fingerprint density at radius 3 is 2.00 bits per heavy atom. The number of aryl methyl sites for hydroxylation is 1. The maximum atomic E-state index is 4.02. The highest BCUT2D eigenvalue weighted by molar-refractivity contribution is 5.71. The summed E-state index contributed by atoms with van der Waals surface area (Å²) in [6, 6.07) is 15.5. The first-order chi connectivity index (χ1) is 8.99. The SMILES string of the molecule is C=C(C)c1ccc(-c2ccc(C(C)C)cc2)cc1C. The predicted molar refractivity (Wildman–Crippen MR) is 85.4 cm³/mol. The summed E-state index contributed by atoms with van der Waals surface area (Å²) in [7, 11) is 0. The lowest BCUT2D eigenvalue weighted by Gasteiger charge is -2.10. The lowest BCUT2D eigenvalue weighted by Crippen LogP contribution is -1.89. The van der Waals surface area contributed by atoms with Crippen LogP contribution in [0.1, 0.15) is 43.4 Å². The number of benzene rings is 2. The molecule has 0 aliphatic heterocycles. The summed E-state index contributed by atoms with van der Waals surface area (Å²) in [4.78, 5) is 0. The average molecular weight is 250 g/mol. The normalized spacial score (nSPS) is 10.8. The molecule has 0 heteroatoms. The fraction of sp³-hybridized carbons (Fsp3) is 0.263. The van der Waals surface area contributed by atoms with E-state index in [1.165, 1.54) is 27.8 Å². The van der Waals surface area contributed by atoms with Gasteiger partial charge in [-0.1, -0.05) is 68.5 Å². The smallest absolute Gasteiger partial charge is 0.0181 e. The van der Waals surface area contributed by atoms with E-state index in [2.05, 4.69) is 76.7 Å². The van der Waals surface area contributed by atoms with Crippen molar-refractivity contribution in [3.63, 3.8) is 0 Å². The van der Waals surface area contributed by atoms with Gasteiger partial charge < -0.3 is 0 Å². The zero-order chi connectivity index (χ0) is 14.0. The van der Waals surface area contributed by atoms with Crippen LogP contribution in [-0.4, -0.2) is 0 Å². The highest BCUT2D eigenvalue weighted by Gasteiger charge is 2.04. The molecule has 0 saturated carbocycles. The molecule has 0 nitrogen and oxygen atoms in total. The molecule has 19 heavy (non-hydrogen) atoms. The van der Waals surface area contributed by atoms with Gasteiger partial charge in [-0.25, -0.2) is 0 Å². The maximum absolute atomic E-state index is 4.02. The fourth-order valence-electron chi connectivity index (χ4n) is 2.38. The van der Waals surface area contributed by atoms with Crippen molar-refractivity contribution in [3.05, 3.63) is 65.7 Å². The molecule has 0 aromatic heterocycles. The van der Waals surface area contributed by atoms with E-state index >= 15 is 0 Å². The van der Waals surface area contributed by atoms with Crippen LogP contribution in [0.4, 0.5) is 0 Å². The van der Waals surface area contributed by atoms with Crippen molar-refractivity contribution >= 4 is 5.57 Å². The first-order valence-electron chi connectivity index (χ1n) is 6.86. The average Bonchev–Trinajstić information content (AvgIpc) is 2.38. The Kier molecular flexibility index (Phi) is 3.90. The van der Waals surface area contributed by atoms with Gasteiger partial charge in [0.15, 0.2) is 0 Å². The third-order valence-corrected chi connectivity index (χ3v) is 3.60. The van der Waals surface area contributed by atoms with Gasteiger partial charge in [-0.15, -0.1) is 0 Å². The van der Waals surface area contributed by atoms with Crippen LogP contribution in [0.3, 0.4) is 0 Å². The zero-order valence-electron chi connectivity index (χ0n) is 12.3. The maximum Gasteiger partial charge on any atom is -0.0181 e. The first-order valence-corrected chi connectivity index (χ1v) is 6.86. The molecular formula is C19H22. The van der Waals surface area contributed by atoms with Crippen LogP contribution in [0.5, 0.6) is 0 Å². The molecule has 98 valence electrons. The highest BCUT2D eigenvalue weighted by atomic mass is 14.1. The Balaban J connectivity index is 2.37. The van der Waals surface area contributed by atoms with Gasteiger partial charge in [-0.2, -0.15) is 0 Å². The summed E-state index contributed by atoms with van der Waals surface area (Å²) >= 11 is 0. The van der Waals surface area contributed by atoms with E-state index in [9.17, 15) is 0 Å². The van der Waals surface area contributed by atoms with Gasteiger partial charge in [-0.05, 0) is 47.6 Å². The molecule has 0 N–H and O–H groups in total. The van der Waals surface area contributed by atoms with Crippen LogP contribution in [0.25, 0.3) is 16.7 Å². The number of rotatable bonds is 3. The second-order valence-electron chi connectivity index (χ2n) is 5.59. The van der Waals surface area contributed by atoms with Crippen molar-refractivity contribution in [2.75, 3.05) is 0 Å². The van der Waals surface area contributed by atoms with E-state index in [4.69, 9.17) is 0 Å². The second kappa shape index (κ2) is 5.44. The van der Waals surface area contributed by atoms with Crippen LogP contribution >= 0.6 is 0 Å². The Bertz CT molecular complexity index is 586. The van der Waals surface area contributed by atoms with Crippen LogP contribution in [0.2, 0.25) is 0 Å². The van der Waals surface area contributed by atoms with Gasteiger partial charge in [0, 0.05) is 0 Å². The van der Waals surface area contributed by atoms with Crippen molar-refractivity contribution in [2.45, 2.75) is 33.6 Å². The monoisotopic (exact) mass is 250 g/mol. The molecule has 0 spiro atoms. The second-order valence-corrected chi connectivity index (χ2v) is 5.59.